The Kier molecular flexibility index (Phi) is 4.75. The topological polar surface area (TPSA) is 84.2 Å². The minimum Gasteiger partial charge on any atom is -0.355 e. The number of benzene rings is 1. The molecule has 0 radical (unpaired) electrons. The Morgan fingerprint density at radius 2 is 2.26 bits per heavy atom. The summed E-state index contributed by atoms with van der Waals surface area (Å²) in [6.07, 6.45) is 4.24. The molecule has 1 atom stereocenters. The number of anilines is 2. The third-order valence-electron chi connectivity index (χ3n) is 5.12. The number of aromatic nitrogens is 3. The van der Waals surface area contributed by atoms with E-state index in [0.717, 1.165) is 48.4 Å². The van der Waals surface area contributed by atoms with Crippen molar-refractivity contribution >= 4 is 28.5 Å². The number of amides is 1. The highest BCUT2D eigenvalue weighted by molar-refractivity contribution is 5.94. The van der Waals surface area contributed by atoms with Gasteiger partial charge in [0.2, 0.25) is 5.91 Å². The van der Waals surface area contributed by atoms with Gasteiger partial charge in [0.25, 0.3) is 5.71 Å². The predicted molar refractivity (Wildman–Crippen MR) is 104 cm³/mol. The van der Waals surface area contributed by atoms with Gasteiger partial charge in [-0.15, -0.1) is 0 Å². The molecule has 1 aliphatic rings. The van der Waals surface area contributed by atoms with Crippen LogP contribution in [0.5, 0.6) is 0 Å². The van der Waals surface area contributed by atoms with E-state index < -0.39 is 0 Å². The smallest absolute Gasteiger partial charge is 0.263 e. The molecule has 4 rings (SSSR count). The van der Waals surface area contributed by atoms with E-state index in [0.29, 0.717) is 12.3 Å². The van der Waals surface area contributed by atoms with E-state index in [1.807, 2.05) is 25.1 Å². The molecular formula is C20H23N5O2. The number of hydrogen-bond acceptors (Lipinski definition) is 6. The Morgan fingerprint density at radius 3 is 3.11 bits per heavy atom. The molecule has 3 heterocycles. The second-order valence-corrected chi connectivity index (χ2v) is 6.97. The predicted octanol–water partition coefficient (Wildman–Crippen LogP) is 3.34. The van der Waals surface area contributed by atoms with E-state index >= 15 is 0 Å². The SMILES string of the molecule is CCc1cccc(NC(=O)[C@@H]2CCCN(c3ncnc4onc(C)c34)C2)c1. The maximum Gasteiger partial charge on any atom is 0.263 e. The first-order chi connectivity index (χ1) is 13.2. The fourth-order valence-electron chi connectivity index (χ4n) is 3.64. The second kappa shape index (κ2) is 7.34. The van der Waals surface area contributed by atoms with Gasteiger partial charge in [0.1, 0.15) is 17.5 Å². The maximum absolute atomic E-state index is 12.8. The second-order valence-electron chi connectivity index (χ2n) is 6.97. The van der Waals surface area contributed by atoms with E-state index in [2.05, 4.69) is 38.3 Å². The molecule has 7 heteroatoms. The number of aryl methyl sites for hydroxylation is 2. The Morgan fingerprint density at radius 1 is 1.37 bits per heavy atom. The summed E-state index contributed by atoms with van der Waals surface area (Å²) in [4.78, 5) is 23.6. The quantitative estimate of drug-likeness (QED) is 0.763. The van der Waals surface area contributed by atoms with Gasteiger partial charge in [-0.05, 0) is 43.9 Å². The molecule has 0 aliphatic carbocycles. The summed E-state index contributed by atoms with van der Waals surface area (Å²) in [5, 5.41) is 7.89. The molecule has 1 aliphatic heterocycles. The molecule has 0 bridgehead atoms. The molecular weight excluding hydrogens is 342 g/mol. The molecule has 2 aromatic heterocycles. The molecule has 140 valence electrons. The van der Waals surface area contributed by atoms with Crippen LogP contribution >= 0.6 is 0 Å². The molecule has 0 saturated carbocycles. The van der Waals surface area contributed by atoms with Crippen LogP contribution in [-0.2, 0) is 11.2 Å². The summed E-state index contributed by atoms with van der Waals surface area (Å²) in [5.74, 6) is 0.763. The lowest BCUT2D eigenvalue weighted by Gasteiger charge is -2.33. The van der Waals surface area contributed by atoms with E-state index in [9.17, 15) is 4.79 Å². The summed E-state index contributed by atoms with van der Waals surface area (Å²) in [6, 6.07) is 8.02. The number of nitrogens with one attached hydrogen (secondary N) is 1. The van der Waals surface area contributed by atoms with Gasteiger partial charge in [0.05, 0.1) is 11.6 Å². The van der Waals surface area contributed by atoms with Crippen molar-refractivity contribution in [3.05, 3.63) is 41.9 Å². The average Bonchev–Trinajstić information content (AvgIpc) is 3.09. The number of fused-ring (bicyclic) bond motifs is 1. The van der Waals surface area contributed by atoms with Crippen LogP contribution in [0.15, 0.2) is 35.1 Å². The minimum atomic E-state index is -0.0887. The van der Waals surface area contributed by atoms with Crippen molar-refractivity contribution in [3.63, 3.8) is 0 Å². The summed E-state index contributed by atoms with van der Waals surface area (Å²) < 4.78 is 5.25. The molecule has 1 aromatic carbocycles. The minimum absolute atomic E-state index is 0.0558. The number of hydrogen-bond donors (Lipinski definition) is 1. The van der Waals surface area contributed by atoms with Crippen LogP contribution in [0.25, 0.3) is 11.1 Å². The van der Waals surface area contributed by atoms with Crippen LogP contribution in [0.1, 0.15) is 31.0 Å². The highest BCUT2D eigenvalue weighted by Gasteiger charge is 2.28. The van der Waals surface area contributed by atoms with Crippen molar-refractivity contribution in [2.45, 2.75) is 33.1 Å². The van der Waals surface area contributed by atoms with Crippen LogP contribution in [0, 0.1) is 12.8 Å². The van der Waals surface area contributed by atoms with Gasteiger partial charge in [0.15, 0.2) is 0 Å². The van der Waals surface area contributed by atoms with Crippen LogP contribution in [0.4, 0.5) is 11.5 Å². The van der Waals surface area contributed by atoms with Gasteiger partial charge in [-0.2, -0.15) is 4.98 Å². The average molecular weight is 365 g/mol. The standard InChI is InChI=1S/C20H23N5O2/c1-3-14-6-4-8-16(10-14)23-19(26)15-7-5-9-25(11-15)18-17-13(2)24-27-20(17)22-12-21-18/h4,6,8,10,12,15H,3,5,7,9,11H2,1-2H3,(H,23,26)/t15-/m1/s1. The largest absolute Gasteiger partial charge is 0.355 e. The van der Waals surface area contributed by atoms with Crippen molar-refractivity contribution < 1.29 is 9.32 Å². The lowest BCUT2D eigenvalue weighted by atomic mass is 9.96. The first kappa shape index (κ1) is 17.5. The summed E-state index contributed by atoms with van der Waals surface area (Å²) in [6.45, 7) is 5.46. The van der Waals surface area contributed by atoms with E-state index in [-0.39, 0.29) is 11.8 Å². The number of carbonyl (C=O) groups excluding carboxylic acids is 1. The zero-order valence-electron chi connectivity index (χ0n) is 15.6. The Balaban J connectivity index is 1.52. The number of nitrogens with zero attached hydrogens (tertiary/aromatic N) is 4. The molecule has 27 heavy (non-hydrogen) atoms. The number of piperidine rings is 1. The molecule has 0 spiro atoms. The van der Waals surface area contributed by atoms with Crippen molar-refractivity contribution in [2.75, 3.05) is 23.3 Å². The fraction of sp³-hybridized carbons (Fsp3) is 0.400. The molecule has 1 fully saturated rings. The third kappa shape index (κ3) is 3.49. The van der Waals surface area contributed by atoms with Gasteiger partial charge in [-0.25, -0.2) is 4.98 Å². The first-order valence-electron chi connectivity index (χ1n) is 9.37. The molecule has 3 aromatic rings. The molecule has 1 saturated heterocycles. The van der Waals surface area contributed by atoms with Gasteiger partial charge in [-0.1, -0.05) is 24.2 Å². The highest BCUT2D eigenvalue weighted by Crippen LogP contribution is 2.29. The molecule has 0 unspecified atom stereocenters. The van der Waals surface area contributed by atoms with E-state index in [4.69, 9.17) is 4.52 Å². The van der Waals surface area contributed by atoms with Crippen molar-refractivity contribution in [3.8, 4) is 0 Å². The van der Waals surface area contributed by atoms with Crippen molar-refractivity contribution in [1.82, 2.24) is 15.1 Å². The molecule has 1 N–H and O–H groups in total. The lowest BCUT2D eigenvalue weighted by molar-refractivity contribution is -0.120. The van der Waals surface area contributed by atoms with Gasteiger partial charge in [0, 0.05) is 18.8 Å². The van der Waals surface area contributed by atoms with E-state index in [1.165, 1.54) is 11.9 Å². The van der Waals surface area contributed by atoms with Crippen LogP contribution in [0.3, 0.4) is 0 Å². The zero-order chi connectivity index (χ0) is 18.8. The summed E-state index contributed by atoms with van der Waals surface area (Å²) >= 11 is 0. The van der Waals surface area contributed by atoms with Crippen LogP contribution in [0.2, 0.25) is 0 Å². The van der Waals surface area contributed by atoms with Gasteiger partial charge >= 0.3 is 0 Å². The third-order valence-corrected chi connectivity index (χ3v) is 5.12. The highest BCUT2D eigenvalue weighted by atomic mass is 16.5. The monoisotopic (exact) mass is 365 g/mol. The van der Waals surface area contributed by atoms with Crippen molar-refractivity contribution in [2.24, 2.45) is 5.92 Å². The zero-order valence-corrected chi connectivity index (χ0v) is 15.6. The molecule has 1 amide bonds. The Hall–Kier alpha value is -2.96. The Labute approximate surface area is 157 Å². The van der Waals surface area contributed by atoms with Gasteiger partial charge in [-0.3, -0.25) is 4.79 Å². The van der Waals surface area contributed by atoms with Crippen LogP contribution in [-0.4, -0.2) is 34.1 Å². The summed E-state index contributed by atoms with van der Waals surface area (Å²) in [5.41, 5.74) is 3.32. The lowest BCUT2D eigenvalue weighted by Crippen LogP contribution is -2.41. The van der Waals surface area contributed by atoms with E-state index in [1.54, 1.807) is 0 Å². The summed E-state index contributed by atoms with van der Waals surface area (Å²) in [7, 11) is 0. The number of rotatable bonds is 4. The van der Waals surface area contributed by atoms with Gasteiger partial charge < -0.3 is 14.7 Å². The normalized spacial score (nSPS) is 17.3. The van der Waals surface area contributed by atoms with Crippen LogP contribution < -0.4 is 10.2 Å². The first-order valence-corrected chi connectivity index (χ1v) is 9.37. The Bertz CT molecular complexity index is 968. The maximum atomic E-state index is 12.8. The number of carbonyl (C=O) groups is 1. The van der Waals surface area contributed by atoms with Crippen molar-refractivity contribution in [1.29, 1.82) is 0 Å². The molecule has 7 nitrogen and oxygen atoms in total. The fourth-order valence-corrected chi connectivity index (χ4v) is 3.64.